The smallest absolute Gasteiger partial charge is 0.413 e. The fourth-order valence-electron chi connectivity index (χ4n) is 1.29. The molecule has 1 heterocycles. The zero-order valence-electron chi connectivity index (χ0n) is 10.0. The number of rotatable bonds is 2. The Kier molecular flexibility index (Phi) is 3.08. The third-order valence-corrected chi connectivity index (χ3v) is 3.59. The van der Waals surface area contributed by atoms with Gasteiger partial charge in [-0.15, -0.1) is 22.9 Å². The largest absolute Gasteiger partial charge is 0.444 e. The quantitative estimate of drug-likeness (QED) is 0.836. The van der Waals surface area contributed by atoms with E-state index in [-0.39, 0.29) is 4.87 Å². The molecule has 4 nitrogen and oxygen atoms in total. The predicted octanol–water partition coefficient (Wildman–Crippen LogP) is 3.72. The Hall–Kier alpha value is -0.810. The lowest BCUT2D eigenvalue weighted by Gasteiger charge is -2.18. The van der Waals surface area contributed by atoms with Crippen LogP contribution in [0, 0.1) is 0 Å². The van der Waals surface area contributed by atoms with Crippen LogP contribution in [0.3, 0.4) is 0 Å². The lowest BCUT2D eigenvalue weighted by atomic mass is 10.2. The molecule has 0 unspecified atom stereocenters. The molecule has 94 valence electrons. The standard InChI is InChI=1S/C11H15ClN2O2S/c1-10(2,3)16-9(15)14-8-13-7(6-17-8)11(12)4-5-11/h6H,4-5H2,1-3H3,(H,13,14,15). The van der Waals surface area contributed by atoms with Crippen molar-refractivity contribution in [2.45, 2.75) is 44.1 Å². The zero-order chi connectivity index (χ0) is 12.7. The van der Waals surface area contributed by atoms with E-state index >= 15 is 0 Å². The second kappa shape index (κ2) is 4.14. The fourth-order valence-corrected chi connectivity index (χ4v) is 2.34. The van der Waals surface area contributed by atoms with E-state index in [1.54, 1.807) is 0 Å². The molecule has 0 saturated heterocycles. The summed E-state index contributed by atoms with van der Waals surface area (Å²) in [7, 11) is 0. The van der Waals surface area contributed by atoms with E-state index in [1.165, 1.54) is 11.3 Å². The van der Waals surface area contributed by atoms with Crippen molar-refractivity contribution in [2.75, 3.05) is 5.32 Å². The van der Waals surface area contributed by atoms with Crippen molar-refractivity contribution in [1.82, 2.24) is 4.98 Å². The number of anilines is 1. The Labute approximate surface area is 109 Å². The van der Waals surface area contributed by atoms with E-state index in [1.807, 2.05) is 26.2 Å². The van der Waals surface area contributed by atoms with Gasteiger partial charge in [-0.2, -0.15) is 0 Å². The van der Waals surface area contributed by atoms with Crippen molar-refractivity contribution in [3.63, 3.8) is 0 Å². The number of amides is 1. The van der Waals surface area contributed by atoms with Crippen LogP contribution in [-0.4, -0.2) is 16.7 Å². The number of hydrogen-bond acceptors (Lipinski definition) is 4. The Morgan fingerprint density at radius 3 is 2.76 bits per heavy atom. The molecular formula is C11H15ClN2O2S. The molecule has 0 bridgehead atoms. The van der Waals surface area contributed by atoms with Gasteiger partial charge in [0.25, 0.3) is 0 Å². The van der Waals surface area contributed by atoms with Crippen LogP contribution in [0.1, 0.15) is 39.3 Å². The van der Waals surface area contributed by atoms with E-state index in [2.05, 4.69) is 10.3 Å². The summed E-state index contributed by atoms with van der Waals surface area (Å²) in [6.07, 6.45) is 1.41. The minimum atomic E-state index is -0.506. The molecule has 1 N–H and O–H groups in total. The van der Waals surface area contributed by atoms with Crippen molar-refractivity contribution in [2.24, 2.45) is 0 Å². The van der Waals surface area contributed by atoms with Gasteiger partial charge in [-0.3, -0.25) is 5.32 Å². The van der Waals surface area contributed by atoms with Gasteiger partial charge in [0, 0.05) is 5.38 Å². The summed E-state index contributed by atoms with van der Waals surface area (Å²) in [5.74, 6) is 0. The van der Waals surface area contributed by atoms with Crippen LogP contribution in [0.25, 0.3) is 0 Å². The van der Waals surface area contributed by atoms with Crippen LogP contribution in [-0.2, 0) is 9.61 Å². The van der Waals surface area contributed by atoms with Crippen LogP contribution in [0.2, 0.25) is 0 Å². The molecule has 0 atom stereocenters. The van der Waals surface area contributed by atoms with Gasteiger partial charge in [-0.1, -0.05) is 0 Å². The molecule has 0 aliphatic heterocycles. The number of thiazole rings is 1. The number of alkyl halides is 1. The SMILES string of the molecule is CC(C)(C)OC(=O)Nc1nc(C2(Cl)CC2)cs1. The van der Waals surface area contributed by atoms with Crippen LogP contribution >= 0.6 is 22.9 Å². The monoisotopic (exact) mass is 274 g/mol. The highest BCUT2D eigenvalue weighted by Crippen LogP contribution is 2.52. The molecule has 0 radical (unpaired) electrons. The van der Waals surface area contributed by atoms with Gasteiger partial charge in [0.2, 0.25) is 0 Å². The first-order chi connectivity index (χ1) is 7.78. The lowest BCUT2D eigenvalue weighted by Crippen LogP contribution is -2.27. The van der Waals surface area contributed by atoms with Gasteiger partial charge in [0.05, 0.1) is 10.6 Å². The molecule has 2 rings (SSSR count). The van der Waals surface area contributed by atoms with Crippen molar-refractivity contribution in [3.8, 4) is 0 Å². The number of nitrogens with zero attached hydrogens (tertiary/aromatic N) is 1. The number of hydrogen-bond donors (Lipinski definition) is 1. The Morgan fingerprint density at radius 1 is 1.59 bits per heavy atom. The highest BCUT2D eigenvalue weighted by atomic mass is 35.5. The second-order valence-corrected chi connectivity index (χ2v) is 6.71. The van der Waals surface area contributed by atoms with Crippen molar-refractivity contribution in [3.05, 3.63) is 11.1 Å². The molecule has 1 amide bonds. The summed E-state index contributed by atoms with van der Waals surface area (Å²) < 4.78 is 5.14. The topological polar surface area (TPSA) is 51.2 Å². The molecule has 1 aliphatic carbocycles. The third kappa shape index (κ3) is 3.33. The molecule has 1 fully saturated rings. The first-order valence-corrected chi connectivity index (χ1v) is 6.69. The molecule has 1 aromatic heterocycles. The van der Waals surface area contributed by atoms with Crippen molar-refractivity contribution >= 4 is 34.2 Å². The van der Waals surface area contributed by atoms with Gasteiger partial charge in [0.1, 0.15) is 5.60 Å². The molecule has 1 aromatic rings. The minimum Gasteiger partial charge on any atom is -0.444 e. The van der Waals surface area contributed by atoms with E-state index < -0.39 is 11.7 Å². The van der Waals surface area contributed by atoms with E-state index in [0.717, 1.165) is 18.5 Å². The number of carbonyl (C=O) groups is 1. The second-order valence-electron chi connectivity index (χ2n) is 5.13. The Bertz CT molecular complexity index is 435. The highest BCUT2D eigenvalue weighted by Gasteiger charge is 2.44. The number of halogens is 1. The minimum absolute atomic E-state index is 0.287. The predicted molar refractivity (Wildman–Crippen MR) is 68.7 cm³/mol. The third-order valence-electron chi connectivity index (χ3n) is 2.26. The van der Waals surface area contributed by atoms with Crippen molar-refractivity contribution in [1.29, 1.82) is 0 Å². The Balaban J connectivity index is 1.95. The maximum absolute atomic E-state index is 11.5. The van der Waals surface area contributed by atoms with Crippen LogP contribution in [0.4, 0.5) is 9.93 Å². The first kappa shape index (κ1) is 12.6. The first-order valence-electron chi connectivity index (χ1n) is 5.43. The molecule has 0 aromatic carbocycles. The summed E-state index contributed by atoms with van der Waals surface area (Å²) >= 11 is 7.59. The van der Waals surface area contributed by atoms with E-state index in [0.29, 0.717) is 5.13 Å². The van der Waals surface area contributed by atoms with Gasteiger partial charge in [-0.05, 0) is 33.6 Å². The van der Waals surface area contributed by atoms with Gasteiger partial charge < -0.3 is 4.74 Å². The average molecular weight is 275 g/mol. The maximum atomic E-state index is 11.5. The number of nitrogens with one attached hydrogen (secondary N) is 1. The number of carbonyl (C=O) groups excluding carboxylic acids is 1. The van der Waals surface area contributed by atoms with E-state index in [9.17, 15) is 4.79 Å². The van der Waals surface area contributed by atoms with Crippen LogP contribution in [0.15, 0.2) is 5.38 Å². The average Bonchev–Trinajstić information content (AvgIpc) is 2.73. The highest BCUT2D eigenvalue weighted by molar-refractivity contribution is 7.14. The molecule has 1 saturated carbocycles. The molecule has 6 heteroatoms. The lowest BCUT2D eigenvalue weighted by molar-refractivity contribution is 0.0636. The van der Waals surface area contributed by atoms with Crippen LogP contribution < -0.4 is 5.32 Å². The molecule has 17 heavy (non-hydrogen) atoms. The zero-order valence-corrected chi connectivity index (χ0v) is 11.6. The summed E-state index contributed by atoms with van der Waals surface area (Å²) in [5.41, 5.74) is 0.337. The summed E-state index contributed by atoms with van der Waals surface area (Å²) in [6.45, 7) is 5.45. The summed E-state index contributed by atoms with van der Waals surface area (Å²) in [6, 6.07) is 0. The number of aromatic nitrogens is 1. The molecule has 1 aliphatic rings. The van der Waals surface area contributed by atoms with Crippen molar-refractivity contribution < 1.29 is 9.53 Å². The van der Waals surface area contributed by atoms with Gasteiger partial charge in [-0.25, -0.2) is 9.78 Å². The summed E-state index contributed by atoms with van der Waals surface area (Å²) in [4.78, 5) is 15.5. The molecule has 0 spiro atoms. The number of ether oxygens (including phenoxy) is 1. The fraction of sp³-hybridized carbons (Fsp3) is 0.636. The Morgan fingerprint density at radius 2 is 2.24 bits per heavy atom. The summed E-state index contributed by atoms with van der Waals surface area (Å²) in [5, 5.41) is 5.02. The normalized spacial score (nSPS) is 17.6. The molecular weight excluding hydrogens is 260 g/mol. The maximum Gasteiger partial charge on any atom is 0.413 e. The van der Waals surface area contributed by atoms with Gasteiger partial charge >= 0.3 is 6.09 Å². The van der Waals surface area contributed by atoms with Crippen LogP contribution in [0.5, 0.6) is 0 Å². The van der Waals surface area contributed by atoms with E-state index in [4.69, 9.17) is 16.3 Å². The van der Waals surface area contributed by atoms with Gasteiger partial charge in [0.15, 0.2) is 5.13 Å².